The smallest absolute Gasteiger partial charge is 0.394 e. The molecule has 6 atom stereocenters. The van der Waals surface area contributed by atoms with Gasteiger partial charge in [0.2, 0.25) is 6.29 Å². The second kappa shape index (κ2) is 6.02. The number of hydrogen-bond donors (Lipinski definition) is 4. The van der Waals surface area contributed by atoms with Gasteiger partial charge in [0.1, 0.15) is 18.3 Å². The van der Waals surface area contributed by atoms with E-state index in [2.05, 4.69) is 8.83 Å². The van der Waals surface area contributed by atoms with Crippen molar-refractivity contribution in [3.63, 3.8) is 0 Å². The zero-order valence-corrected chi connectivity index (χ0v) is 9.53. The molecule has 1 fully saturated rings. The summed E-state index contributed by atoms with van der Waals surface area (Å²) in [7, 11) is -6.07. The molecular weight excluding hydrogens is 266 g/mol. The standard InChI is InChI=1S/C5H9O9P2/c6-1-2-3(7)4(8)5(12-2)13-16(11)14-15(9)10/h2-8H,1H2/q+1/p+1/t2-,3-,4-,5-/m1/s1. The van der Waals surface area contributed by atoms with Crippen LogP contribution in [0.1, 0.15) is 0 Å². The molecule has 16 heavy (non-hydrogen) atoms. The molecule has 9 nitrogen and oxygen atoms in total. The fourth-order valence-electron chi connectivity index (χ4n) is 1.11. The van der Waals surface area contributed by atoms with Crippen molar-refractivity contribution in [1.29, 1.82) is 0 Å². The van der Waals surface area contributed by atoms with Gasteiger partial charge in [-0.3, -0.25) is 0 Å². The van der Waals surface area contributed by atoms with Gasteiger partial charge >= 0.3 is 16.5 Å². The maximum atomic E-state index is 10.9. The highest BCUT2D eigenvalue weighted by Crippen LogP contribution is 2.39. The molecule has 92 valence electrons. The van der Waals surface area contributed by atoms with Gasteiger partial charge in [-0.15, -0.1) is 4.89 Å². The summed E-state index contributed by atoms with van der Waals surface area (Å²) < 4.78 is 34.1. The summed E-state index contributed by atoms with van der Waals surface area (Å²) in [6.45, 7) is -0.565. The molecule has 4 N–H and O–H groups in total. The van der Waals surface area contributed by atoms with Crippen LogP contribution >= 0.6 is 16.5 Å². The normalized spacial score (nSPS) is 36.2. The fourth-order valence-corrected chi connectivity index (χ4v) is 2.07. The Morgan fingerprint density at radius 1 is 1.25 bits per heavy atom. The van der Waals surface area contributed by atoms with Crippen LogP contribution < -0.4 is 0 Å². The SMILES string of the molecule is O=[P+](O)O[P+](=O)O[C@H]1O[C@H](CO)[C@@H](O)[C@H]1O. The number of hydrogen-bond acceptors (Lipinski definition) is 8. The number of ether oxygens (including phenoxy) is 1. The van der Waals surface area contributed by atoms with E-state index in [1.807, 2.05) is 0 Å². The van der Waals surface area contributed by atoms with Crippen molar-refractivity contribution in [2.45, 2.75) is 24.6 Å². The Morgan fingerprint density at radius 2 is 1.88 bits per heavy atom. The van der Waals surface area contributed by atoms with Crippen LogP contribution in [0.4, 0.5) is 0 Å². The van der Waals surface area contributed by atoms with E-state index in [1.54, 1.807) is 0 Å². The predicted molar refractivity (Wildman–Crippen MR) is 47.4 cm³/mol. The first-order chi connectivity index (χ1) is 7.45. The topological polar surface area (TPSA) is 143 Å². The van der Waals surface area contributed by atoms with Crippen LogP contribution in [0, 0.1) is 0 Å². The molecule has 0 aromatic carbocycles. The lowest BCUT2D eigenvalue weighted by atomic mass is 10.1. The number of aliphatic hydroxyl groups is 3. The summed E-state index contributed by atoms with van der Waals surface area (Å²) in [6, 6.07) is 0. The maximum Gasteiger partial charge on any atom is 0.750 e. The minimum Gasteiger partial charge on any atom is -0.394 e. The van der Waals surface area contributed by atoms with E-state index in [4.69, 9.17) is 14.7 Å². The van der Waals surface area contributed by atoms with Crippen molar-refractivity contribution in [1.82, 2.24) is 0 Å². The third-order valence-corrected chi connectivity index (χ3v) is 3.30. The molecule has 0 aromatic heterocycles. The van der Waals surface area contributed by atoms with Crippen molar-refractivity contribution in [2.24, 2.45) is 0 Å². The molecule has 1 aliphatic heterocycles. The largest absolute Gasteiger partial charge is 0.750 e. The lowest BCUT2D eigenvalue weighted by Crippen LogP contribution is -2.34. The van der Waals surface area contributed by atoms with E-state index < -0.39 is 47.7 Å². The second-order valence-electron chi connectivity index (χ2n) is 2.86. The summed E-state index contributed by atoms with van der Waals surface area (Å²) in [4.78, 5) is 8.24. The molecule has 1 saturated heterocycles. The second-order valence-corrected chi connectivity index (χ2v) is 4.64. The molecular formula is C5H10O9P2+2. The lowest BCUT2D eigenvalue weighted by molar-refractivity contribution is -0.116. The Labute approximate surface area is 91.5 Å². The fraction of sp³-hybridized carbons (Fsp3) is 1.00. The van der Waals surface area contributed by atoms with Crippen LogP contribution in [0.15, 0.2) is 0 Å². The molecule has 0 radical (unpaired) electrons. The highest BCUT2D eigenvalue weighted by molar-refractivity contribution is 7.47. The van der Waals surface area contributed by atoms with Crippen LogP contribution in [0.25, 0.3) is 0 Å². The minimum atomic E-state index is -3.11. The first kappa shape index (κ1) is 14.0. The molecule has 1 aliphatic rings. The van der Waals surface area contributed by atoms with Gasteiger partial charge in [0.25, 0.3) is 0 Å². The Morgan fingerprint density at radius 3 is 2.31 bits per heavy atom. The monoisotopic (exact) mass is 276 g/mol. The average molecular weight is 276 g/mol. The summed E-state index contributed by atoms with van der Waals surface area (Å²) >= 11 is 0. The average Bonchev–Trinajstić information content (AvgIpc) is 2.44. The van der Waals surface area contributed by atoms with Gasteiger partial charge in [-0.05, 0) is 0 Å². The third kappa shape index (κ3) is 3.46. The number of rotatable bonds is 5. The van der Waals surface area contributed by atoms with Gasteiger partial charge < -0.3 is 20.1 Å². The summed E-state index contributed by atoms with van der Waals surface area (Å²) in [5.74, 6) is 0. The molecule has 0 amide bonds. The molecule has 0 saturated carbocycles. The highest BCUT2D eigenvalue weighted by atomic mass is 31.2. The maximum absolute atomic E-state index is 10.9. The van der Waals surface area contributed by atoms with Crippen molar-refractivity contribution in [3.05, 3.63) is 0 Å². The van der Waals surface area contributed by atoms with E-state index in [0.717, 1.165) is 0 Å². The van der Waals surface area contributed by atoms with Crippen LogP contribution in [-0.2, 0) is 22.7 Å². The minimum absolute atomic E-state index is 0.565. The quantitative estimate of drug-likeness (QED) is 0.453. The Balaban J connectivity index is 2.50. The predicted octanol–water partition coefficient (Wildman–Crippen LogP) is -1.23. The molecule has 2 unspecified atom stereocenters. The van der Waals surface area contributed by atoms with Gasteiger partial charge in [-0.1, -0.05) is 4.52 Å². The van der Waals surface area contributed by atoms with Crippen LogP contribution in [0.2, 0.25) is 0 Å². The molecule has 0 aromatic rings. The van der Waals surface area contributed by atoms with Gasteiger partial charge in [0.15, 0.2) is 4.31 Å². The van der Waals surface area contributed by atoms with E-state index in [-0.39, 0.29) is 0 Å². The van der Waals surface area contributed by atoms with E-state index >= 15 is 0 Å². The van der Waals surface area contributed by atoms with Crippen LogP contribution in [0.5, 0.6) is 0 Å². The van der Waals surface area contributed by atoms with Gasteiger partial charge in [-0.2, -0.15) is 0 Å². The Kier molecular flexibility index (Phi) is 5.26. The highest BCUT2D eigenvalue weighted by Gasteiger charge is 2.50. The molecule has 0 aliphatic carbocycles. The molecule has 1 rings (SSSR count). The zero-order chi connectivity index (χ0) is 12.3. The van der Waals surface area contributed by atoms with E-state index in [0.29, 0.717) is 0 Å². The van der Waals surface area contributed by atoms with E-state index in [1.165, 1.54) is 0 Å². The molecule has 0 bridgehead atoms. The molecule has 11 heteroatoms. The van der Waals surface area contributed by atoms with Crippen molar-refractivity contribution in [2.75, 3.05) is 6.61 Å². The summed E-state index contributed by atoms with van der Waals surface area (Å²) in [5.41, 5.74) is 0. The number of aliphatic hydroxyl groups excluding tert-OH is 3. The van der Waals surface area contributed by atoms with Crippen molar-refractivity contribution < 1.29 is 42.9 Å². The van der Waals surface area contributed by atoms with Crippen molar-refractivity contribution in [3.8, 4) is 0 Å². The third-order valence-electron chi connectivity index (χ3n) is 1.83. The van der Waals surface area contributed by atoms with Gasteiger partial charge in [-0.25, -0.2) is 0 Å². The lowest BCUT2D eigenvalue weighted by Gasteiger charge is -2.09. The Bertz CT molecular complexity index is 283. The first-order valence-corrected chi connectivity index (χ1v) is 6.29. The van der Waals surface area contributed by atoms with Gasteiger partial charge in [0, 0.05) is 9.13 Å². The zero-order valence-electron chi connectivity index (χ0n) is 7.74. The van der Waals surface area contributed by atoms with Crippen LogP contribution in [0.3, 0.4) is 0 Å². The van der Waals surface area contributed by atoms with Gasteiger partial charge in [0.05, 0.1) is 6.61 Å². The van der Waals surface area contributed by atoms with Crippen molar-refractivity contribution >= 4 is 16.5 Å². The first-order valence-electron chi connectivity index (χ1n) is 4.06. The van der Waals surface area contributed by atoms with Crippen LogP contribution in [-0.4, -0.2) is 51.4 Å². The Hall–Kier alpha value is -0.0800. The summed E-state index contributed by atoms with van der Waals surface area (Å²) in [5, 5.41) is 27.3. The molecule has 0 spiro atoms. The van der Waals surface area contributed by atoms with E-state index in [9.17, 15) is 19.3 Å². The molecule has 1 heterocycles. The summed E-state index contributed by atoms with van der Waals surface area (Å²) in [6.07, 6.45) is -5.51.